The van der Waals surface area contributed by atoms with Crippen LogP contribution in [-0.4, -0.2) is 20.9 Å². The molecule has 0 radical (unpaired) electrons. The molecule has 0 fully saturated rings. The summed E-state index contributed by atoms with van der Waals surface area (Å²) >= 11 is 0. The maximum Gasteiger partial charge on any atom is 0.257 e. The summed E-state index contributed by atoms with van der Waals surface area (Å²) in [5.74, 6) is 0.896. The topological polar surface area (TPSA) is 79.9 Å². The van der Waals surface area contributed by atoms with Gasteiger partial charge in [0.05, 0.1) is 23.1 Å². The average molecular weight is 388 g/mol. The van der Waals surface area contributed by atoms with E-state index in [-0.39, 0.29) is 5.91 Å². The van der Waals surface area contributed by atoms with Crippen molar-refractivity contribution in [3.8, 4) is 11.6 Å². The quantitative estimate of drug-likeness (QED) is 0.474. The number of benzene rings is 1. The number of pyridine rings is 2. The molecule has 148 valence electrons. The highest BCUT2D eigenvalue weighted by atomic mass is 16.5. The van der Waals surface area contributed by atoms with Gasteiger partial charge in [-0.2, -0.15) is 0 Å². The molecule has 0 saturated heterocycles. The van der Waals surface area contributed by atoms with E-state index in [2.05, 4.69) is 20.3 Å². The van der Waals surface area contributed by atoms with Gasteiger partial charge in [-0.25, -0.2) is 4.98 Å². The van der Waals surface area contributed by atoms with Crippen LogP contribution in [0.3, 0.4) is 0 Å². The van der Waals surface area contributed by atoms with Crippen LogP contribution >= 0.6 is 0 Å². The van der Waals surface area contributed by atoms with Crippen LogP contribution in [0.4, 0.5) is 5.69 Å². The van der Waals surface area contributed by atoms with Crippen LogP contribution in [0.1, 0.15) is 35.5 Å². The van der Waals surface area contributed by atoms with Crippen LogP contribution in [0.2, 0.25) is 0 Å². The van der Waals surface area contributed by atoms with Gasteiger partial charge in [-0.15, -0.1) is 0 Å². The van der Waals surface area contributed by atoms with Gasteiger partial charge in [0, 0.05) is 29.4 Å². The van der Waals surface area contributed by atoms with Crippen LogP contribution in [0.25, 0.3) is 10.9 Å². The molecule has 0 aliphatic heterocycles. The molecule has 0 aliphatic carbocycles. The number of H-pyrrole nitrogens is 1. The van der Waals surface area contributed by atoms with E-state index in [1.807, 2.05) is 52.0 Å². The molecule has 6 heteroatoms. The number of carbonyl (C=O) groups excluding carboxylic acids is 1. The van der Waals surface area contributed by atoms with Crippen molar-refractivity contribution >= 4 is 22.5 Å². The number of hydrogen-bond donors (Lipinski definition) is 2. The maximum absolute atomic E-state index is 12.6. The zero-order valence-electron chi connectivity index (χ0n) is 17.0. The van der Waals surface area contributed by atoms with Gasteiger partial charge in [0.15, 0.2) is 5.75 Å². The van der Waals surface area contributed by atoms with Crippen molar-refractivity contribution in [1.82, 2.24) is 15.0 Å². The molecule has 0 saturated carbocycles. The summed E-state index contributed by atoms with van der Waals surface area (Å²) in [7, 11) is 0. The molecule has 4 aromatic rings. The van der Waals surface area contributed by atoms with Crippen molar-refractivity contribution in [2.24, 2.45) is 0 Å². The minimum Gasteiger partial charge on any atom is -0.437 e. The number of aryl methyl sites for hydroxylation is 2. The lowest BCUT2D eigenvalue weighted by Gasteiger charge is -2.08. The lowest BCUT2D eigenvalue weighted by molar-refractivity contribution is 0.102. The highest BCUT2D eigenvalue weighted by molar-refractivity contribution is 6.12. The second-order valence-electron chi connectivity index (χ2n) is 6.28. The number of fused-ring (bicyclic) bond motifs is 1. The van der Waals surface area contributed by atoms with Crippen LogP contribution in [0.5, 0.6) is 11.6 Å². The Bertz CT molecular complexity index is 1120. The van der Waals surface area contributed by atoms with Crippen molar-refractivity contribution in [2.45, 2.75) is 27.7 Å². The van der Waals surface area contributed by atoms with Crippen LogP contribution < -0.4 is 10.1 Å². The molecule has 2 N–H and O–H groups in total. The third-order valence-electron chi connectivity index (χ3n) is 4.25. The zero-order chi connectivity index (χ0) is 20.8. The molecule has 1 amide bonds. The SMILES string of the molecule is CC.Cc1ccc2[nH]cc(C(=O)Nc3ccc(Oc4cccnc4C)nc3)c2c1. The van der Waals surface area contributed by atoms with Gasteiger partial charge in [0.25, 0.3) is 5.91 Å². The second-order valence-corrected chi connectivity index (χ2v) is 6.28. The van der Waals surface area contributed by atoms with Gasteiger partial charge in [0.1, 0.15) is 0 Å². The number of ether oxygens (including phenoxy) is 1. The van der Waals surface area contributed by atoms with Crippen molar-refractivity contribution < 1.29 is 9.53 Å². The van der Waals surface area contributed by atoms with Gasteiger partial charge in [-0.1, -0.05) is 25.5 Å². The summed E-state index contributed by atoms with van der Waals surface area (Å²) in [6.45, 7) is 7.87. The predicted molar refractivity (Wildman–Crippen MR) is 116 cm³/mol. The highest BCUT2D eigenvalue weighted by Gasteiger charge is 2.13. The third-order valence-corrected chi connectivity index (χ3v) is 4.25. The molecule has 0 bridgehead atoms. The second kappa shape index (κ2) is 9.01. The number of nitrogens with one attached hydrogen (secondary N) is 2. The Morgan fingerprint density at radius 2 is 1.90 bits per heavy atom. The number of nitrogens with zero attached hydrogens (tertiary/aromatic N) is 2. The van der Waals surface area contributed by atoms with Gasteiger partial charge in [0.2, 0.25) is 5.88 Å². The van der Waals surface area contributed by atoms with Crippen molar-refractivity contribution in [3.05, 3.63) is 77.9 Å². The molecule has 0 unspecified atom stereocenters. The van der Waals surface area contributed by atoms with Crippen LogP contribution in [-0.2, 0) is 0 Å². The first-order valence-corrected chi connectivity index (χ1v) is 9.55. The molecule has 3 heterocycles. The van der Waals surface area contributed by atoms with E-state index in [9.17, 15) is 4.79 Å². The fraction of sp³-hybridized carbons (Fsp3) is 0.174. The lowest BCUT2D eigenvalue weighted by atomic mass is 10.1. The van der Waals surface area contributed by atoms with E-state index in [1.54, 1.807) is 36.8 Å². The molecule has 0 atom stereocenters. The van der Waals surface area contributed by atoms with E-state index >= 15 is 0 Å². The normalized spacial score (nSPS) is 10.2. The number of anilines is 1. The summed E-state index contributed by atoms with van der Waals surface area (Å²) in [5, 5.41) is 3.76. The standard InChI is InChI=1S/C21H18N4O2.C2H6/c1-13-5-7-18-16(10-13)17(12-23-18)21(26)25-15-6-8-20(24-11-15)27-19-4-3-9-22-14(19)2;1-2/h3-12,23H,1-2H3,(H,25,26);1-2H3. The summed E-state index contributed by atoms with van der Waals surface area (Å²) in [6.07, 6.45) is 5.00. The fourth-order valence-electron chi connectivity index (χ4n) is 2.83. The minimum absolute atomic E-state index is 0.189. The smallest absolute Gasteiger partial charge is 0.257 e. The minimum atomic E-state index is -0.189. The number of hydrogen-bond acceptors (Lipinski definition) is 4. The summed E-state index contributed by atoms with van der Waals surface area (Å²) in [5.41, 5.74) is 4.01. The zero-order valence-corrected chi connectivity index (χ0v) is 17.0. The highest BCUT2D eigenvalue weighted by Crippen LogP contribution is 2.24. The Hall–Kier alpha value is -3.67. The largest absolute Gasteiger partial charge is 0.437 e. The lowest BCUT2D eigenvalue weighted by Crippen LogP contribution is -2.11. The van der Waals surface area contributed by atoms with E-state index < -0.39 is 0 Å². The van der Waals surface area contributed by atoms with Crippen molar-refractivity contribution in [2.75, 3.05) is 5.32 Å². The Morgan fingerprint density at radius 1 is 1.07 bits per heavy atom. The summed E-state index contributed by atoms with van der Waals surface area (Å²) in [6, 6.07) is 13.1. The van der Waals surface area contributed by atoms with E-state index in [0.29, 0.717) is 22.9 Å². The molecule has 3 aromatic heterocycles. The van der Waals surface area contributed by atoms with Gasteiger partial charge < -0.3 is 15.0 Å². The number of carbonyl (C=O) groups is 1. The predicted octanol–water partition coefficient (Wildman–Crippen LogP) is 5.65. The number of aromatic nitrogens is 3. The van der Waals surface area contributed by atoms with Crippen LogP contribution in [0.15, 0.2) is 61.1 Å². The molecule has 0 spiro atoms. The molecule has 6 nitrogen and oxygen atoms in total. The first kappa shape index (κ1) is 20.1. The summed E-state index contributed by atoms with van der Waals surface area (Å²) < 4.78 is 5.72. The number of amides is 1. The van der Waals surface area contributed by atoms with E-state index in [4.69, 9.17) is 4.74 Å². The number of aromatic amines is 1. The molecule has 1 aromatic carbocycles. The van der Waals surface area contributed by atoms with Gasteiger partial charge >= 0.3 is 0 Å². The van der Waals surface area contributed by atoms with E-state index in [1.165, 1.54) is 0 Å². The monoisotopic (exact) mass is 388 g/mol. The Labute approximate surface area is 170 Å². The number of rotatable bonds is 4. The molecule has 0 aliphatic rings. The Kier molecular flexibility index (Phi) is 6.24. The van der Waals surface area contributed by atoms with Crippen LogP contribution in [0, 0.1) is 13.8 Å². The van der Waals surface area contributed by atoms with Crippen molar-refractivity contribution in [1.29, 1.82) is 0 Å². The third kappa shape index (κ3) is 4.60. The van der Waals surface area contributed by atoms with E-state index in [0.717, 1.165) is 22.2 Å². The van der Waals surface area contributed by atoms with Crippen molar-refractivity contribution in [3.63, 3.8) is 0 Å². The first-order chi connectivity index (χ1) is 14.1. The average Bonchev–Trinajstić information content (AvgIpc) is 3.16. The molecule has 4 rings (SSSR count). The summed E-state index contributed by atoms with van der Waals surface area (Å²) in [4.78, 5) is 24.2. The Morgan fingerprint density at radius 3 is 2.62 bits per heavy atom. The maximum atomic E-state index is 12.6. The van der Waals surface area contributed by atoms with Gasteiger partial charge in [-0.3, -0.25) is 9.78 Å². The first-order valence-electron chi connectivity index (χ1n) is 9.55. The Balaban J connectivity index is 0.00000117. The van der Waals surface area contributed by atoms with Gasteiger partial charge in [-0.05, 0) is 44.2 Å². The molecular weight excluding hydrogens is 364 g/mol. The molecule has 29 heavy (non-hydrogen) atoms. The fourth-order valence-corrected chi connectivity index (χ4v) is 2.83. The molecular formula is C23H24N4O2.